The molecule has 1 fully saturated rings. The number of likely N-dealkylation sites (tertiary alicyclic amines) is 1. The van der Waals surface area contributed by atoms with Gasteiger partial charge in [-0.05, 0) is 69.0 Å². The summed E-state index contributed by atoms with van der Waals surface area (Å²) in [5, 5.41) is 2.97. The quantitative estimate of drug-likeness (QED) is 0.462. The number of nitrogens with two attached hydrogens (primary N) is 1. The molecule has 0 spiro atoms. The van der Waals surface area contributed by atoms with Crippen molar-refractivity contribution in [1.29, 1.82) is 0 Å². The van der Waals surface area contributed by atoms with Crippen molar-refractivity contribution >= 4 is 29.4 Å². The second-order valence-corrected chi connectivity index (χ2v) is 9.88. The molecule has 0 aliphatic carbocycles. The van der Waals surface area contributed by atoms with Crippen LogP contribution < -0.4 is 16.0 Å². The van der Waals surface area contributed by atoms with E-state index in [2.05, 4.69) is 15.3 Å². The van der Waals surface area contributed by atoms with Crippen LogP contribution in [0.5, 0.6) is 0 Å². The standard InChI is InChI=1S/C29H34N6O3/c1-6-24(21-9-7-8-17(2)12-21)33-29(38)35-26(23(27(35)36)15-20-10-11-31-25(30)16-20)28(37)34(5)22-13-18(3)32-19(4)14-22/h7-14,16,23-24,26H,6,15H2,1-5H3,(H2,30,31)(H,33,38)/t23-,24-,26+/m1/s1. The zero-order valence-corrected chi connectivity index (χ0v) is 22.4. The first-order valence-electron chi connectivity index (χ1n) is 12.7. The SMILES string of the molecule is CC[C@@H](NC(=O)N1C(=O)[C@H](Cc2ccnc(N)c2)[C@H]1C(=O)N(C)c1cc(C)nc(C)c1)c1cccc(C)c1. The number of rotatable bonds is 7. The summed E-state index contributed by atoms with van der Waals surface area (Å²) in [6.07, 6.45) is 2.46. The molecule has 9 heteroatoms. The lowest BCUT2D eigenvalue weighted by Gasteiger charge is -2.46. The summed E-state index contributed by atoms with van der Waals surface area (Å²) in [4.78, 5) is 51.6. The van der Waals surface area contributed by atoms with E-state index in [1.54, 1.807) is 37.5 Å². The highest BCUT2D eigenvalue weighted by molar-refractivity contribution is 6.12. The zero-order chi connectivity index (χ0) is 27.6. The van der Waals surface area contributed by atoms with Gasteiger partial charge in [0.05, 0.1) is 12.0 Å². The smallest absolute Gasteiger partial charge is 0.325 e. The summed E-state index contributed by atoms with van der Waals surface area (Å²) in [5.41, 5.74) is 10.8. The van der Waals surface area contributed by atoms with Crippen LogP contribution in [0.15, 0.2) is 54.7 Å². The zero-order valence-electron chi connectivity index (χ0n) is 22.4. The number of imide groups is 1. The maximum atomic E-state index is 13.8. The first-order valence-corrected chi connectivity index (χ1v) is 12.7. The van der Waals surface area contributed by atoms with Crippen molar-refractivity contribution < 1.29 is 14.4 Å². The van der Waals surface area contributed by atoms with Crippen molar-refractivity contribution in [2.24, 2.45) is 5.92 Å². The molecule has 1 aliphatic rings. The molecule has 3 atom stereocenters. The number of pyridine rings is 2. The molecular weight excluding hydrogens is 480 g/mol. The summed E-state index contributed by atoms with van der Waals surface area (Å²) < 4.78 is 0. The van der Waals surface area contributed by atoms with Gasteiger partial charge in [-0.15, -0.1) is 0 Å². The molecular formula is C29H34N6O3. The number of β-lactam (4-membered cyclic amide) rings is 1. The van der Waals surface area contributed by atoms with Gasteiger partial charge in [-0.3, -0.25) is 19.5 Å². The van der Waals surface area contributed by atoms with Crippen molar-refractivity contribution in [2.45, 2.75) is 52.6 Å². The Bertz CT molecular complexity index is 1350. The molecule has 0 unspecified atom stereocenters. The van der Waals surface area contributed by atoms with E-state index < -0.39 is 23.9 Å². The predicted molar refractivity (Wildman–Crippen MR) is 146 cm³/mol. The number of benzene rings is 1. The fourth-order valence-corrected chi connectivity index (χ4v) is 4.99. The molecule has 3 heterocycles. The molecule has 0 bridgehead atoms. The van der Waals surface area contributed by atoms with Gasteiger partial charge in [0.1, 0.15) is 11.9 Å². The van der Waals surface area contributed by atoms with Crippen molar-refractivity contribution in [3.63, 3.8) is 0 Å². The predicted octanol–water partition coefficient (Wildman–Crippen LogP) is 3.88. The monoisotopic (exact) mass is 514 g/mol. The number of aromatic nitrogens is 2. The van der Waals surface area contributed by atoms with E-state index in [9.17, 15) is 14.4 Å². The fraction of sp³-hybridized carbons (Fsp3) is 0.345. The van der Waals surface area contributed by atoms with Gasteiger partial charge in [0.25, 0.3) is 5.91 Å². The lowest BCUT2D eigenvalue weighted by atomic mass is 9.81. The molecule has 1 aromatic carbocycles. The molecule has 38 heavy (non-hydrogen) atoms. The molecule has 1 saturated heterocycles. The van der Waals surface area contributed by atoms with E-state index in [1.165, 1.54) is 4.90 Å². The van der Waals surface area contributed by atoms with Gasteiger partial charge in [-0.2, -0.15) is 0 Å². The van der Waals surface area contributed by atoms with Crippen molar-refractivity contribution in [3.8, 4) is 0 Å². The van der Waals surface area contributed by atoms with E-state index in [-0.39, 0.29) is 18.4 Å². The molecule has 0 saturated carbocycles. The van der Waals surface area contributed by atoms with E-state index in [1.807, 2.05) is 52.0 Å². The van der Waals surface area contributed by atoms with Crippen molar-refractivity contribution in [1.82, 2.24) is 20.2 Å². The first-order chi connectivity index (χ1) is 18.1. The fourth-order valence-electron chi connectivity index (χ4n) is 4.99. The minimum absolute atomic E-state index is 0.267. The largest absolute Gasteiger partial charge is 0.384 e. The second kappa shape index (κ2) is 11.0. The van der Waals surface area contributed by atoms with Crippen LogP contribution in [0.1, 0.15) is 47.5 Å². The number of carbonyl (C=O) groups is 3. The van der Waals surface area contributed by atoms with Gasteiger partial charge in [-0.25, -0.2) is 9.78 Å². The lowest BCUT2D eigenvalue weighted by Crippen LogP contribution is -2.70. The topological polar surface area (TPSA) is 122 Å². The minimum atomic E-state index is -0.967. The average molecular weight is 515 g/mol. The number of anilines is 2. The van der Waals surface area contributed by atoms with E-state index in [0.717, 1.165) is 33.0 Å². The summed E-state index contributed by atoms with van der Waals surface area (Å²) in [7, 11) is 1.65. The Morgan fingerprint density at radius 2 is 1.82 bits per heavy atom. The number of hydrogen-bond donors (Lipinski definition) is 2. The van der Waals surface area contributed by atoms with Gasteiger partial charge in [0.15, 0.2) is 0 Å². The van der Waals surface area contributed by atoms with Crippen LogP contribution in [0.3, 0.4) is 0 Å². The molecule has 0 radical (unpaired) electrons. The van der Waals surface area contributed by atoms with Crippen LogP contribution in [0, 0.1) is 26.7 Å². The number of likely N-dealkylation sites (N-methyl/N-ethyl adjacent to an activating group) is 1. The molecule has 198 valence electrons. The third-order valence-electron chi connectivity index (χ3n) is 6.92. The Morgan fingerprint density at radius 3 is 2.45 bits per heavy atom. The van der Waals surface area contributed by atoms with Crippen molar-refractivity contribution in [3.05, 3.63) is 82.8 Å². The highest BCUT2D eigenvalue weighted by Crippen LogP contribution is 2.33. The van der Waals surface area contributed by atoms with Crippen molar-refractivity contribution in [2.75, 3.05) is 17.7 Å². The number of aryl methyl sites for hydroxylation is 3. The number of nitrogen functional groups attached to an aromatic ring is 1. The van der Waals surface area contributed by atoms with Gasteiger partial charge in [0, 0.05) is 30.3 Å². The molecule has 1 aliphatic heterocycles. The third-order valence-corrected chi connectivity index (χ3v) is 6.92. The Balaban J connectivity index is 1.63. The number of amides is 4. The first kappa shape index (κ1) is 26.8. The maximum Gasteiger partial charge on any atom is 0.325 e. The van der Waals surface area contributed by atoms with Gasteiger partial charge >= 0.3 is 6.03 Å². The summed E-state index contributed by atoms with van der Waals surface area (Å²) >= 11 is 0. The number of urea groups is 1. The number of hydrogen-bond acceptors (Lipinski definition) is 6. The van der Waals surface area contributed by atoms with Crippen LogP contribution in [0.2, 0.25) is 0 Å². The molecule has 2 aromatic heterocycles. The summed E-state index contributed by atoms with van der Waals surface area (Å²) in [5.74, 6) is -1.12. The molecule has 3 aromatic rings. The Labute approximate surface area is 223 Å². The highest BCUT2D eigenvalue weighted by Gasteiger charge is 2.55. The summed E-state index contributed by atoms with van der Waals surface area (Å²) in [6.45, 7) is 7.66. The number of carbonyl (C=O) groups excluding carboxylic acids is 3. The van der Waals surface area contributed by atoms with E-state index in [4.69, 9.17) is 5.73 Å². The molecule has 4 rings (SSSR count). The third kappa shape index (κ3) is 5.51. The highest BCUT2D eigenvalue weighted by atomic mass is 16.2. The normalized spacial score (nSPS) is 17.5. The number of nitrogens with one attached hydrogen (secondary N) is 1. The molecule has 4 amide bonds. The summed E-state index contributed by atoms with van der Waals surface area (Å²) in [6, 6.07) is 13.1. The lowest BCUT2D eigenvalue weighted by molar-refractivity contribution is -0.156. The molecule has 3 N–H and O–H groups in total. The van der Waals surface area contributed by atoms with Gasteiger partial charge in [0.2, 0.25) is 5.91 Å². The molecule has 9 nitrogen and oxygen atoms in total. The Kier molecular flexibility index (Phi) is 7.75. The maximum absolute atomic E-state index is 13.8. The van der Waals surface area contributed by atoms with Crippen LogP contribution in [0.4, 0.5) is 16.3 Å². The van der Waals surface area contributed by atoms with Crippen LogP contribution >= 0.6 is 0 Å². The van der Waals surface area contributed by atoms with E-state index >= 15 is 0 Å². The average Bonchev–Trinajstić information content (AvgIpc) is 2.87. The Morgan fingerprint density at radius 1 is 1.11 bits per heavy atom. The minimum Gasteiger partial charge on any atom is -0.384 e. The second-order valence-electron chi connectivity index (χ2n) is 9.88. The van der Waals surface area contributed by atoms with Crippen LogP contribution in [-0.4, -0.2) is 45.8 Å². The van der Waals surface area contributed by atoms with Gasteiger partial charge < -0.3 is 16.0 Å². The number of nitrogens with zero attached hydrogens (tertiary/aromatic N) is 4. The van der Waals surface area contributed by atoms with E-state index in [0.29, 0.717) is 17.9 Å². The van der Waals surface area contributed by atoms with Crippen LogP contribution in [0.25, 0.3) is 0 Å². The Hall–Kier alpha value is -4.27. The van der Waals surface area contributed by atoms with Crippen LogP contribution in [-0.2, 0) is 16.0 Å². The van der Waals surface area contributed by atoms with Gasteiger partial charge in [-0.1, -0.05) is 36.8 Å².